The van der Waals surface area contributed by atoms with E-state index in [2.05, 4.69) is 11.4 Å². The van der Waals surface area contributed by atoms with Crippen LogP contribution < -0.4 is 5.32 Å². The Labute approximate surface area is 140 Å². The van der Waals surface area contributed by atoms with Gasteiger partial charge in [-0.2, -0.15) is 5.06 Å². The highest BCUT2D eigenvalue weighted by Gasteiger charge is 2.12. The fourth-order valence-electron chi connectivity index (χ4n) is 2.80. The molecule has 1 fully saturated rings. The number of rotatable bonds is 5. The van der Waals surface area contributed by atoms with Crippen molar-refractivity contribution < 1.29 is 9.57 Å². The van der Waals surface area contributed by atoms with Crippen molar-refractivity contribution >= 4 is 11.3 Å². The van der Waals surface area contributed by atoms with Gasteiger partial charge in [-0.3, -0.25) is 4.84 Å². The molecule has 1 saturated heterocycles. The summed E-state index contributed by atoms with van der Waals surface area (Å²) < 4.78 is 7.34. The molecule has 3 heterocycles. The van der Waals surface area contributed by atoms with Crippen LogP contribution in [0.25, 0.3) is 16.9 Å². The number of anilines is 1. The number of hydroxylamine groups is 2. The molecule has 6 heteroatoms. The quantitative estimate of drug-likeness (QED) is 0.731. The molecular formula is C18H20N4O2. The van der Waals surface area contributed by atoms with Gasteiger partial charge in [0.1, 0.15) is 12.4 Å². The lowest BCUT2D eigenvalue weighted by atomic mass is 10.1. The molecule has 0 bridgehead atoms. The SMILES string of the molecule is c1ccc(-c2cn3ccccc3n2)c(NCON2CCOCC2)c1. The molecular weight excluding hydrogens is 304 g/mol. The highest BCUT2D eigenvalue weighted by Crippen LogP contribution is 2.27. The van der Waals surface area contributed by atoms with Crippen molar-refractivity contribution in [3.8, 4) is 11.3 Å². The van der Waals surface area contributed by atoms with Crippen molar-refractivity contribution in [3.63, 3.8) is 0 Å². The zero-order chi connectivity index (χ0) is 16.2. The fourth-order valence-corrected chi connectivity index (χ4v) is 2.80. The van der Waals surface area contributed by atoms with Crippen molar-refractivity contribution in [1.82, 2.24) is 14.4 Å². The summed E-state index contributed by atoms with van der Waals surface area (Å²) in [6.45, 7) is 3.46. The number of pyridine rings is 1. The topological polar surface area (TPSA) is 51.0 Å². The van der Waals surface area contributed by atoms with Crippen LogP contribution in [0.4, 0.5) is 5.69 Å². The maximum Gasteiger partial charge on any atom is 0.138 e. The maximum absolute atomic E-state index is 5.75. The molecule has 1 aliphatic rings. The number of imidazole rings is 1. The van der Waals surface area contributed by atoms with Crippen LogP contribution in [0, 0.1) is 0 Å². The molecule has 0 aliphatic carbocycles. The second-order valence-corrected chi connectivity index (χ2v) is 5.63. The van der Waals surface area contributed by atoms with Crippen LogP contribution in [0.2, 0.25) is 0 Å². The smallest absolute Gasteiger partial charge is 0.138 e. The van der Waals surface area contributed by atoms with Gasteiger partial charge in [0.25, 0.3) is 0 Å². The minimum Gasteiger partial charge on any atom is -0.379 e. The molecule has 0 radical (unpaired) electrons. The van der Waals surface area contributed by atoms with Gasteiger partial charge < -0.3 is 14.5 Å². The summed E-state index contributed by atoms with van der Waals surface area (Å²) in [6.07, 6.45) is 4.04. The number of aromatic nitrogens is 2. The van der Waals surface area contributed by atoms with E-state index in [-0.39, 0.29) is 0 Å². The number of fused-ring (bicyclic) bond motifs is 1. The Kier molecular flexibility index (Phi) is 4.42. The Morgan fingerprint density at radius 2 is 1.92 bits per heavy atom. The van der Waals surface area contributed by atoms with E-state index in [4.69, 9.17) is 14.6 Å². The van der Waals surface area contributed by atoms with Gasteiger partial charge in [0.05, 0.1) is 18.9 Å². The van der Waals surface area contributed by atoms with Gasteiger partial charge >= 0.3 is 0 Å². The summed E-state index contributed by atoms with van der Waals surface area (Å²) in [5, 5.41) is 5.28. The first-order valence-corrected chi connectivity index (χ1v) is 8.13. The molecule has 6 nitrogen and oxygen atoms in total. The monoisotopic (exact) mass is 324 g/mol. The third-order valence-corrected chi connectivity index (χ3v) is 4.05. The van der Waals surface area contributed by atoms with Gasteiger partial charge in [0.15, 0.2) is 0 Å². The van der Waals surface area contributed by atoms with E-state index in [0.29, 0.717) is 6.73 Å². The van der Waals surface area contributed by atoms with Gasteiger partial charge in [-0.1, -0.05) is 24.3 Å². The number of benzene rings is 1. The zero-order valence-corrected chi connectivity index (χ0v) is 13.4. The Morgan fingerprint density at radius 3 is 2.79 bits per heavy atom. The molecule has 1 aromatic carbocycles. The van der Waals surface area contributed by atoms with E-state index in [1.54, 1.807) is 0 Å². The van der Waals surface area contributed by atoms with Crippen molar-refractivity contribution in [2.45, 2.75) is 0 Å². The molecule has 0 saturated carbocycles. The van der Waals surface area contributed by atoms with Gasteiger partial charge in [-0.05, 0) is 18.2 Å². The third-order valence-electron chi connectivity index (χ3n) is 4.05. The molecule has 2 aromatic heterocycles. The first kappa shape index (κ1) is 15.1. The fraction of sp³-hybridized carbons (Fsp3) is 0.278. The Balaban J connectivity index is 1.49. The van der Waals surface area contributed by atoms with Crippen LogP contribution in [0.15, 0.2) is 54.9 Å². The first-order valence-electron chi connectivity index (χ1n) is 8.13. The summed E-state index contributed by atoms with van der Waals surface area (Å²) >= 11 is 0. The molecule has 0 spiro atoms. The van der Waals surface area contributed by atoms with Crippen molar-refractivity contribution in [1.29, 1.82) is 0 Å². The summed E-state index contributed by atoms with van der Waals surface area (Å²) in [7, 11) is 0. The van der Waals surface area contributed by atoms with Crippen molar-refractivity contribution in [3.05, 3.63) is 54.9 Å². The Morgan fingerprint density at radius 1 is 1.08 bits per heavy atom. The van der Waals surface area contributed by atoms with E-state index >= 15 is 0 Å². The molecule has 3 aromatic rings. The number of morpholine rings is 1. The van der Waals surface area contributed by atoms with Crippen LogP contribution in [-0.4, -0.2) is 47.5 Å². The van der Waals surface area contributed by atoms with Crippen molar-refractivity contribution in [2.24, 2.45) is 0 Å². The molecule has 124 valence electrons. The number of nitrogens with one attached hydrogen (secondary N) is 1. The average Bonchev–Trinajstić information content (AvgIpc) is 3.07. The Hall–Kier alpha value is -2.41. The number of para-hydroxylation sites is 1. The normalized spacial score (nSPS) is 15.7. The summed E-state index contributed by atoms with van der Waals surface area (Å²) in [6, 6.07) is 14.1. The number of ether oxygens (including phenoxy) is 1. The summed E-state index contributed by atoms with van der Waals surface area (Å²) in [5.41, 5.74) is 3.95. The summed E-state index contributed by atoms with van der Waals surface area (Å²) in [5.74, 6) is 0. The van der Waals surface area contributed by atoms with E-state index in [0.717, 1.165) is 48.9 Å². The largest absolute Gasteiger partial charge is 0.379 e. The molecule has 1 aliphatic heterocycles. The van der Waals surface area contributed by atoms with E-state index < -0.39 is 0 Å². The van der Waals surface area contributed by atoms with Gasteiger partial charge in [0, 0.05) is 36.7 Å². The Bertz CT molecular complexity index is 778. The zero-order valence-electron chi connectivity index (χ0n) is 13.4. The third kappa shape index (κ3) is 3.26. The van der Waals surface area contributed by atoms with Crippen LogP contribution in [0.1, 0.15) is 0 Å². The molecule has 24 heavy (non-hydrogen) atoms. The average molecular weight is 324 g/mol. The lowest BCUT2D eigenvalue weighted by molar-refractivity contribution is -0.188. The molecule has 0 unspecified atom stereocenters. The van der Waals surface area contributed by atoms with Crippen LogP contribution in [-0.2, 0) is 9.57 Å². The van der Waals surface area contributed by atoms with Crippen LogP contribution in [0.3, 0.4) is 0 Å². The minimum atomic E-state index is 0.421. The number of nitrogens with zero attached hydrogens (tertiary/aromatic N) is 3. The van der Waals surface area contributed by atoms with Gasteiger partial charge in [0.2, 0.25) is 0 Å². The number of hydrogen-bond acceptors (Lipinski definition) is 5. The standard InChI is InChI=1S/C18H20N4O2/c1-2-6-16(19-14-24-22-9-11-23-12-10-22)15(5-1)17-13-21-8-4-3-7-18(21)20-17/h1-8,13,19H,9-12,14H2. The predicted octanol–water partition coefficient (Wildman–Crippen LogP) is 2.63. The van der Waals surface area contributed by atoms with Crippen molar-refractivity contribution in [2.75, 3.05) is 38.4 Å². The predicted molar refractivity (Wildman–Crippen MR) is 92.6 cm³/mol. The molecule has 1 N–H and O–H groups in total. The van der Waals surface area contributed by atoms with Crippen LogP contribution in [0.5, 0.6) is 0 Å². The minimum absolute atomic E-state index is 0.421. The first-order chi connectivity index (χ1) is 11.9. The van der Waals surface area contributed by atoms with Gasteiger partial charge in [-0.25, -0.2) is 4.98 Å². The van der Waals surface area contributed by atoms with Crippen LogP contribution >= 0.6 is 0 Å². The highest BCUT2D eigenvalue weighted by molar-refractivity contribution is 5.76. The van der Waals surface area contributed by atoms with E-state index in [9.17, 15) is 0 Å². The summed E-state index contributed by atoms with van der Waals surface area (Å²) in [4.78, 5) is 10.5. The number of hydrogen-bond donors (Lipinski definition) is 1. The van der Waals surface area contributed by atoms with Gasteiger partial charge in [-0.15, -0.1) is 0 Å². The van der Waals surface area contributed by atoms with E-state index in [1.165, 1.54) is 0 Å². The lowest BCUT2D eigenvalue weighted by Gasteiger charge is -2.26. The second-order valence-electron chi connectivity index (χ2n) is 5.63. The maximum atomic E-state index is 5.75. The lowest BCUT2D eigenvalue weighted by Crippen LogP contribution is -2.37. The highest BCUT2D eigenvalue weighted by atomic mass is 16.7. The van der Waals surface area contributed by atoms with E-state index in [1.807, 2.05) is 58.3 Å². The molecule has 4 rings (SSSR count). The molecule has 0 amide bonds. The second kappa shape index (κ2) is 7.00. The molecule has 0 atom stereocenters.